The molecular formula is C15H19NOS. The van der Waals surface area contributed by atoms with Crippen LogP contribution >= 0.6 is 0 Å². The second-order valence-corrected chi connectivity index (χ2v) is 6.25. The van der Waals surface area contributed by atoms with Crippen LogP contribution in [0.5, 0.6) is 0 Å². The van der Waals surface area contributed by atoms with Gasteiger partial charge in [-0.25, -0.2) is 0 Å². The second kappa shape index (κ2) is 6.12. The third-order valence-corrected chi connectivity index (χ3v) is 4.41. The summed E-state index contributed by atoms with van der Waals surface area (Å²) in [5, 5.41) is 2.34. The molecular weight excluding hydrogens is 242 g/mol. The summed E-state index contributed by atoms with van der Waals surface area (Å²) in [4.78, 5) is 0.915. The molecule has 2 nitrogen and oxygen atoms in total. The lowest BCUT2D eigenvalue weighted by Crippen LogP contribution is -2.15. The average Bonchev–Trinajstić information content (AvgIpc) is 2.37. The van der Waals surface area contributed by atoms with Gasteiger partial charge in [0.25, 0.3) is 0 Å². The summed E-state index contributed by atoms with van der Waals surface area (Å²) in [5.41, 5.74) is 5.69. The summed E-state index contributed by atoms with van der Waals surface area (Å²) >= 11 is 0. The van der Waals surface area contributed by atoms with E-state index in [-0.39, 0.29) is 6.04 Å². The van der Waals surface area contributed by atoms with Gasteiger partial charge in [0.2, 0.25) is 0 Å². The molecule has 96 valence electrons. The Morgan fingerprint density at radius 2 is 1.89 bits per heavy atom. The molecule has 0 fully saturated rings. The van der Waals surface area contributed by atoms with Crippen LogP contribution in [0.1, 0.15) is 19.8 Å². The minimum absolute atomic E-state index is 0.193. The monoisotopic (exact) mass is 261 g/mol. The Hall–Kier alpha value is -1.19. The SMILES string of the molecule is CC(N)CCCS(=O)c1ccc2ccccc2c1. The summed E-state index contributed by atoms with van der Waals surface area (Å²) in [6.45, 7) is 1.99. The Morgan fingerprint density at radius 3 is 2.61 bits per heavy atom. The number of benzene rings is 2. The van der Waals surface area contributed by atoms with Gasteiger partial charge >= 0.3 is 0 Å². The molecule has 0 amide bonds. The van der Waals surface area contributed by atoms with Gasteiger partial charge in [-0.1, -0.05) is 30.3 Å². The number of rotatable bonds is 5. The molecule has 0 aliphatic heterocycles. The average molecular weight is 261 g/mol. The van der Waals surface area contributed by atoms with Crippen molar-refractivity contribution in [3.05, 3.63) is 42.5 Å². The van der Waals surface area contributed by atoms with Crippen LogP contribution in [-0.2, 0) is 10.8 Å². The molecule has 3 heteroatoms. The molecule has 0 bridgehead atoms. The lowest BCUT2D eigenvalue weighted by atomic mass is 10.1. The minimum Gasteiger partial charge on any atom is -0.328 e. The molecule has 2 atom stereocenters. The van der Waals surface area contributed by atoms with E-state index in [2.05, 4.69) is 12.1 Å². The van der Waals surface area contributed by atoms with Gasteiger partial charge in [-0.3, -0.25) is 4.21 Å². The molecule has 2 aromatic carbocycles. The largest absolute Gasteiger partial charge is 0.328 e. The maximum Gasteiger partial charge on any atom is 0.0529 e. The standard InChI is InChI=1S/C15H19NOS/c1-12(16)5-4-10-18(17)15-9-8-13-6-2-3-7-14(13)11-15/h2-3,6-9,11-12H,4-5,10,16H2,1H3. The van der Waals surface area contributed by atoms with Crippen molar-refractivity contribution in [2.24, 2.45) is 5.73 Å². The molecule has 0 aliphatic rings. The Kier molecular flexibility index (Phi) is 4.50. The lowest BCUT2D eigenvalue weighted by molar-refractivity contribution is 0.644. The fourth-order valence-electron chi connectivity index (χ4n) is 1.96. The van der Waals surface area contributed by atoms with E-state index in [0.717, 1.165) is 23.1 Å². The Labute approximate surface area is 111 Å². The number of hydrogen-bond donors (Lipinski definition) is 1. The van der Waals surface area contributed by atoms with E-state index in [9.17, 15) is 4.21 Å². The molecule has 2 unspecified atom stereocenters. The maximum atomic E-state index is 12.1. The minimum atomic E-state index is -0.911. The van der Waals surface area contributed by atoms with E-state index >= 15 is 0 Å². The quantitative estimate of drug-likeness (QED) is 0.899. The predicted octanol–water partition coefficient (Wildman–Crippen LogP) is 3.07. The Balaban J connectivity index is 2.08. The highest BCUT2D eigenvalue weighted by atomic mass is 32.2. The van der Waals surface area contributed by atoms with Gasteiger partial charge in [0, 0.05) is 16.7 Å². The molecule has 0 heterocycles. The highest BCUT2D eigenvalue weighted by molar-refractivity contribution is 7.85. The Morgan fingerprint density at radius 1 is 1.17 bits per heavy atom. The van der Waals surface area contributed by atoms with Crippen LogP contribution in [0.15, 0.2) is 47.4 Å². The van der Waals surface area contributed by atoms with Crippen molar-refractivity contribution in [3.8, 4) is 0 Å². The van der Waals surface area contributed by atoms with E-state index in [4.69, 9.17) is 5.73 Å². The van der Waals surface area contributed by atoms with Gasteiger partial charge in [-0.2, -0.15) is 0 Å². The highest BCUT2D eigenvalue weighted by Gasteiger charge is 2.05. The fraction of sp³-hybridized carbons (Fsp3) is 0.333. The van der Waals surface area contributed by atoms with Gasteiger partial charge < -0.3 is 5.73 Å². The normalized spacial score (nSPS) is 14.6. The van der Waals surface area contributed by atoms with Crippen molar-refractivity contribution in [2.75, 3.05) is 5.75 Å². The summed E-state index contributed by atoms with van der Waals surface area (Å²) in [6, 6.07) is 14.4. The van der Waals surface area contributed by atoms with Crippen LogP contribution in [0.4, 0.5) is 0 Å². The first-order valence-corrected chi connectivity index (χ1v) is 7.61. The molecule has 0 aromatic heterocycles. The van der Waals surface area contributed by atoms with E-state index in [1.54, 1.807) is 0 Å². The first-order valence-electron chi connectivity index (χ1n) is 6.29. The van der Waals surface area contributed by atoms with Crippen molar-refractivity contribution in [2.45, 2.75) is 30.7 Å². The van der Waals surface area contributed by atoms with E-state index < -0.39 is 10.8 Å². The van der Waals surface area contributed by atoms with Gasteiger partial charge in [0.15, 0.2) is 0 Å². The fourth-order valence-corrected chi connectivity index (χ4v) is 3.11. The zero-order chi connectivity index (χ0) is 13.0. The topological polar surface area (TPSA) is 43.1 Å². The molecule has 2 N–H and O–H groups in total. The lowest BCUT2D eigenvalue weighted by Gasteiger charge is -2.06. The zero-order valence-corrected chi connectivity index (χ0v) is 11.5. The third-order valence-electron chi connectivity index (χ3n) is 2.97. The molecule has 0 aliphatic carbocycles. The molecule has 0 saturated heterocycles. The van der Waals surface area contributed by atoms with E-state index in [1.807, 2.05) is 37.3 Å². The van der Waals surface area contributed by atoms with Crippen molar-refractivity contribution in [1.82, 2.24) is 0 Å². The summed E-state index contributed by atoms with van der Waals surface area (Å²) in [7, 11) is -0.911. The summed E-state index contributed by atoms with van der Waals surface area (Å²) in [5.74, 6) is 0.694. The van der Waals surface area contributed by atoms with Crippen LogP contribution in [0.25, 0.3) is 10.8 Å². The van der Waals surface area contributed by atoms with Crippen LogP contribution in [-0.4, -0.2) is 16.0 Å². The van der Waals surface area contributed by atoms with E-state index in [0.29, 0.717) is 5.75 Å². The van der Waals surface area contributed by atoms with Crippen LogP contribution < -0.4 is 5.73 Å². The Bertz CT molecular complexity index is 551. The number of hydrogen-bond acceptors (Lipinski definition) is 2. The predicted molar refractivity (Wildman–Crippen MR) is 78.1 cm³/mol. The van der Waals surface area contributed by atoms with Gasteiger partial charge in [0.1, 0.15) is 0 Å². The summed E-state index contributed by atoms with van der Waals surface area (Å²) in [6.07, 6.45) is 1.84. The molecule has 0 saturated carbocycles. The summed E-state index contributed by atoms with van der Waals surface area (Å²) < 4.78 is 12.1. The molecule has 2 aromatic rings. The van der Waals surface area contributed by atoms with Crippen molar-refractivity contribution >= 4 is 21.6 Å². The first kappa shape index (κ1) is 13.2. The van der Waals surface area contributed by atoms with Gasteiger partial charge in [-0.05, 0) is 42.7 Å². The second-order valence-electron chi connectivity index (χ2n) is 4.68. The van der Waals surface area contributed by atoms with Crippen molar-refractivity contribution in [1.29, 1.82) is 0 Å². The van der Waals surface area contributed by atoms with Crippen LogP contribution in [0.3, 0.4) is 0 Å². The number of nitrogens with two attached hydrogens (primary N) is 1. The van der Waals surface area contributed by atoms with Gasteiger partial charge in [-0.15, -0.1) is 0 Å². The molecule has 0 spiro atoms. The number of fused-ring (bicyclic) bond motifs is 1. The highest BCUT2D eigenvalue weighted by Crippen LogP contribution is 2.18. The maximum absolute atomic E-state index is 12.1. The van der Waals surface area contributed by atoms with Crippen LogP contribution in [0, 0.1) is 0 Å². The smallest absolute Gasteiger partial charge is 0.0529 e. The van der Waals surface area contributed by atoms with Gasteiger partial charge in [0.05, 0.1) is 10.8 Å². The van der Waals surface area contributed by atoms with Crippen molar-refractivity contribution < 1.29 is 4.21 Å². The van der Waals surface area contributed by atoms with E-state index in [1.165, 1.54) is 5.39 Å². The zero-order valence-electron chi connectivity index (χ0n) is 10.6. The molecule has 0 radical (unpaired) electrons. The van der Waals surface area contributed by atoms with Crippen molar-refractivity contribution in [3.63, 3.8) is 0 Å². The molecule has 2 rings (SSSR count). The van der Waals surface area contributed by atoms with Crippen LogP contribution in [0.2, 0.25) is 0 Å². The first-order chi connectivity index (χ1) is 8.66. The third kappa shape index (κ3) is 3.40. The molecule has 18 heavy (non-hydrogen) atoms.